The summed E-state index contributed by atoms with van der Waals surface area (Å²) in [6, 6.07) is 2.26. The van der Waals surface area contributed by atoms with Gasteiger partial charge >= 0.3 is 0 Å². The monoisotopic (exact) mass is 222 g/mol. The number of nitriles is 1. The Hall–Kier alpha value is -1.04. The second kappa shape index (κ2) is 5.34. The maximum atomic E-state index is 12.3. The third-order valence-corrected chi connectivity index (χ3v) is 3.71. The van der Waals surface area contributed by atoms with Crippen molar-refractivity contribution in [1.29, 1.82) is 5.26 Å². The SMILES string of the molecule is CCC(C)CN(C)C(=O)C1(C#N)CCCC1. The first-order valence-electron chi connectivity index (χ1n) is 6.22. The summed E-state index contributed by atoms with van der Waals surface area (Å²) in [5, 5.41) is 9.23. The summed E-state index contributed by atoms with van der Waals surface area (Å²) in [5.74, 6) is 0.541. The average molecular weight is 222 g/mol. The maximum Gasteiger partial charge on any atom is 0.242 e. The van der Waals surface area contributed by atoms with Crippen LogP contribution in [0.3, 0.4) is 0 Å². The van der Waals surface area contributed by atoms with Crippen molar-refractivity contribution in [1.82, 2.24) is 4.90 Å². The molecule has 0 spiro atoms. The summed E-state index contributed by atoms with van der Waals surface area (Å²) in [6.45, 7) is 5.02. The van der Waals surface area contributed by atoms with Gasteiger partial charge in [0.1, 0.15) is 5.41 Å². The van der Waals surface area contributed by atoms with Gasteiger partial charge in [-0.3, -0.25) is 4.79 Å². The van der Waals surface area contributed by atoms with Crippen LogP contribution in [0.1, 0.15) is 46.0 Å². The number of hydrogen-bond acceptors (Lipinski definition) is 2. The van der Waals surface area contributed by atoms with E-state index >= 15 is 0 Å². The van der Waals surface area contributed by atoms with Crippen LogP contribution in [0.5, 0.6) is 0 Å². The van der Waals surface area contributed by atoms with Gasteiger partial charge in [0.25, 0.3) is 0 Å². The average Bonchev–Trinajstić information content (AvgIpc) is 2.77. The Labute approximate surface area is 98.4 Å². The zero-order valence-corrected chi connectivity index (χ0v) is 10.6. The molecule has 0 aromatic carbocycles. The number of amides is 1. The van der Waals surface area contributed by atoms with Gasteiger partial charge < -0.3 is 4.90 Å². The van der Waals surface area contributed by atoms with Crippen molar-refractivity contribution in [3.8, 4) is 6.07 Å². The van der Waals surface area contributed by atoms with Gasteiger partial charge in [-0.25, -0.2) is 0 Å². The highest BCUT2D eigenvalue weighted by molar-refractivity contribution is 5.85. The molecule has 1 amide bonds. The van der Waals surface area contributed by atoms with Crippen molar-refractivity contribution in [3.05, 3.63) is 0 Å². The molecule has 16 heavy (non-hydrogen) atoms. The van der Waals surface area contributed by atoms with Gasteiger partial charge in [-0.1, -0.05) is 33.1 Å². The van der Waals surface area contributed by atoms with Gasteiger partial charge in [0.15, 0.2) is 0 Å². The molecule has 1 rings (SSSR count). The lowest BCUT2D eigenvalue weighted by molar-refractivity contribution is -0.138. The van der Waals surface area contributed by atoms with Crippen LogP contribution in [0.4, 0.5) is 0 Å². The van der Waals surface area contributed by atoms with Crippen LogP contribution in [-0.4, -0.2) is 24.4 Å². The molecule has 1 fully saturated rings. The molecule has 1 atom stereocenters. The van der Waals surface area contributed by atoms with Gasteiger partial charge in [-0.15, -0.1) is 0 Å². The van der Waals surface area contributed by atoms with Crippen molar-refractivity contribution in [2.45, 2.75) is 46.0 Å². The fourth-order valence-electron chi connectivity index (χ4n) is 2.40. The van der Waals surface area contributed by atoms with Crippen LogP contribution < -0.4 is 0 Å². The second-order valence-corrected chi connectivity index (χ2v) is 5.10. The first-order chi connectivity index (χ1) is 7.55. The first kappa shape index (κ1) is 13.0. The standard InChI is InChI=1S/C13H22N2O/c1-4-11(2)9-15(3)12(16)13(10-14)7-5-6-8-13/h11H,4-9H2,1-3H3. The van der Waals surface area contributed by atoms with Gasteiger partial charge in [0.2, 0.25) is 5.91 Å². The molecule has 0 saturated heterocycles. The Bertz CT molecular complexity index is 287. The molecule has 0 heterocycles. The van der Waals surface area contributed by atoms with E-state index in [1.165, 1.54) is 0 Å². The molecule has 0 bridgehead atoms. The van der Waals surface area contributed by atoms with Crippen molar-refractivity contribution in [3.63, 3.8) is 0 Å². The highest BCUT2D eigenvalue weighted by Crippen LogP contribution is 2.39. The number of carbonyl (C=O) groups excluding carboxylic acids is 1. The van der Waals surface area contributed by atoms with Crippen molar-refractivity contribution in [2.24, 2.45) is 11.3 Å². The van der Waals surface area contributed by atoms with Crippen molar-refractivity contribution in [2.75, 3.05) is 13.6 Å². The Balaban J connectivity index is 2.65. The molecule has 3 heteroatoms. The lowest BCUT2D eigenvalue weighted by atomic mass is 9.86. The summed E-state index contributed by atoms with van der Waals surface area (Å²) in [4.78, 5) is 14.0. The second-order valence-electron chi connectivity index (χ2n) is 5.10. The number of rotatable bonds is 4. The van der Waals surface area contributed by atoms with Crippen molar-refractivity contribution >= 4 is 5.91 Å². The number of carbonyl (C=O) groups is 1. The topological polar surface area (TPSA) is 44.1 Å². The highest BCUT2D eigenvalue weighted by atomic mass is 16.2. The van der Waals surface area contributed by atoms with Crippen LogP contribution in [-0.2, 0) is 4.79 Å². The normalized spacial score (nSPS) is 20.1. The van der Waals surface area contributed by atoms with E-state index in [0.29, 0.717) is 5.92 Å². The molecular formula is C13H22N2O. The van der Waals surface area contributed by atoms with Gasteiger partial charge in [-0.05, 0) is 18.8 Å². The molecule has 1 saturated carbocycles. The van der Waals surface area contributed by atoms with E-state index in [4.69, 9.17) is 0 Å². The summed E-state index contributed by atoms with van der Waals surface area (Å²) in [6.07, 6.45) is 4.57. The van der Waals surface area contributed by atoms with Crippen LogP contribution in [0.25, 0.3) is 0 Å². The number of hydrogen-bond donors (Lipinski definition) is 0. The van der Waals surface area contributed by atoms with Crippen LogP contribution in [0.15, 0.2) is 0 Å². The molecule has 0 aromatic heterocycles. The molecule has 0 N–H and O–H groups in total. The first-order valence-corrected chi connectivity index (χ1v) is 6.22. The van der Waals surface area contributed by atoms with E-state index in [-0.39, 0.29) is 5.91 Å². The molecule has 0 aliphatic heterocycles. The smallest absolute Gasteiger partial charge is 0.242 e. The maximum absolute atomic E-state index is 12.3. The zero-order chi connectivity index (χ0) is 12.2. The van der Waals surface area contributed by atoms with Gasteiger partial charge in [0, 0.05) is 13.6 Å². The molecule has 90 valence electrons. The molecule has 3 nitrogen and oxygen atoms in total. The molecule has 1 aliphatic carbocycles. The van der Waals surface area contributed by atoms with E-state index in [9.17, 15) is 10.1 Å². The molecule has 0 radical (unpaired) electrons. The van der Waals surface area contributed by atoms with E-state index < -0.39 is 5.41 Å². The minimum absolute atomic E-state index is 0.0350. The van der Waals surface area contributed by atoms with E-state index in [1.807, 2.05) is 7.05 Å². The predicted molar refractivity (Wildman–Crippen MR) is 63.6 cm³/mol. The Morgan fingerprint density at radius 2 is 2.06 bits per heavy atom. The Kier molecular flexibility index (Phi) is 4.35. The van der Waals surface area contributed by atoms with Crippen LogP contribution >= 0.6 is 0 Å². The number of nitrogens with zero attached hydrogens (tertiary/aromatic N) is 2. The summed E-state index contributed by atoms with van der Waals surface area (Å²) < 4.78 is 0. The van der Waals surface area contributed by atoms with E-state index in [0.717, 1.165) is 38.6 Å². The van der Waals surface area contributed by atoms with Crippen LogP contribution in [0, 0.1) is 22.7 Å². The lowest BCUT2D eigenvalue weighted by Crippen LogP contribution is -2.41. The van der Waals surface area contributed by atoms with Crippen molar-refractivity contribution < 1.29 is 4.79 Å². The summed E-state index contributed by atoms with van der Waals surface area (Å²) >= 11 is 0. The fourth-order valence-corrected chi connectivity index (χ4v) is 2.40. The summed E-state index contributed by atoms with van der Waals surface area (Å²) in [5.41, 5.74) is -0.706. The lowest BCUT2D eigenvalue weighted by Gasteiger charge is -2.28. The minimum Gasteiger partial charge on any atom is -0.344 e. The van der Waals surface area contributed by atoms with Crippen LogP contribution in [0.2, 0.25) is 0 Å². The third-order valence-electron chi connectivity index (χ3n) is 3.71. The molecular weight excluding hydrogens is 200 g/mol. The van der Waals surface area contributed by atoms with Gasteiger partial charge in [0.05, 0.1) is 6.07 Å². The fraction of sp³-hybridized carbons (Fsp3) is 0.846. The van der Waals surface area contributed by atoms with E-state index in [1.54, 1.807) is 4.90 Å². The third kappa shape index (κ3) is 2.55. The highest BCUT2D eigenvalue weighted by Gasteiger charge is 2.43. The largest absolute Gasteiger partial charge is 0.344 e. The predicted octanol–water partition coefficient (Wildman–Crippen LogP) is 2.57. The molecule has 1 aliphatic rings. The minimum atomic E-state index is -0.706. The van der Waals surface area contributed by atoms with Gasteiger partial charge in [-0.2, -0.15) is 5.26 Å². The Morgan fingerprint density at radius 1 is 1.50 bits per heavy atom. The summed E-state index contributed by atoms with van der Waals surface area (Å²) in [7, 11) is 1.83. The van der Waals surface area contributed by atoms with E-state index in [2.05, 4.69) is 19.9 Å². The Morgan fingerprint density at radius 3 is 2.50 bits per heavy atom. The molecule has 1 unspecified atom stereocenters. The quantitative estimate of drug-likeness (QED) is 0.733. The zero-order valence-electron chi connectivity index (χ0n) is 10.6. The molecule has 0 aromatic rings.